The Morgan fingerprint density at radius 2 is 2.23 bits per heavy atom. The Balaban J connectivity index is 2.65. The van der Waals surface area contributed by atoms with Crippen molar-refractivity contribution in [1.82, 2.24) is 10.2 Å². The third-order valence-corrected chi connectivity index (χ3v) is 2.52. The first-order chi connectivity index (χ1) is 6.16. The molecule has 0 aliphatic rings. The van der Waals surface area contributed by atoms with Gasteiger partial charge in [-0.3, -0.25) is 5.10 Å². The van der Waals surface area contributed by atoms with Crippen molar-refractivity contribution in [3.8, 4) is 0 Å². The van der Waals surface area contributed by atoms with Crippen LogP contribution >= 0.6 is 11.6 Å². The molecule has 74 valence electrons. The van der Waals surface area contributed by atoms with E-state index in [4.69, 9.17) is 11.6 Å². The fourth-order valence-electron chi connectivity index (χ4n) is 1.16. The van der Waals surface area contributed by atoms with E-state index in [2.05, 4.69) is 22.0 Å². The van der Waals surface area contributed by atoms with Crippen molar-refractivity contribution in [3.63, 3.8) is 0 Å². The molecule has 13 heavy (non-hydrogen) atoms. The zero-order chi connectivity index (χ0) is 9.84. The van der Waals surface area contributed by atoms with Crippen LogP contribution in [0.25, 0.3) is 0 Å². The van der Waals surface area contributed by atoms with Crippen LogP contribution in [0.15, 0.2) is 0 Å². The van der Waals surface area contributed by atoms with Crippen molar-refractivity contribution in [3.05, 3.63) is 10.7 Å². The van der Waals surface area contributed by atoms with E-state index in [1.165, 1.54) is 12.8 Å². The molecule has 0 bridgehead atoms. The van der Waals surface area contributed by atoms with Crippen LogP contribution in [0.5, 0.6) is 0 Å². The van der Waals surface area contributed by atoms with Gasteiger partial charge in [-0.15, -0.1) is 0 Å². The van der Waals surface area contributed by atoms with Crippen molar-refractivity contribution in [2.24, 2.45) is 0 Å². The molecule has 0 atom stereocenters. The number of hydrogen-bond donors (Lipinski definition) is 1. The van der Waals surface area contributed by atoms with E-state index in [9.17, 15) is 0 Å². The van der Waals surface area contributed by atoms with Gasteiger partial charge in [-0.2, -0.15) is 5.10 Å². The Kier molecular flexibility index (Phi) is 3.60. The number of nitrogens with one attached hydrogen (secondary N) is 1. The molecule has 0 aliphatic carbocycles. The number of H-pyrrole nitrogens is 1. The van der Waals surface area contributed by atoms with Gasteiger partial charge in [-0.05, 0) is 13.3 Å². The van der Waals surface area contributed by atoms with E-state index < -0.39 is 0 Å². The number of anilines is 1. The fourth-order valence-corrected chi connectivity index (χ4v) is 1.39. The van der Waals surface area contributed by atoms with Gasteiger partial charge in [0, 0.05) is 13.6 Å². The number of rotatable bonds is 4. The van der Waals surface area contributed by atoms with Crippen LogP contribution in [0.3, 0.4) is 0 Å². The van der Waals surface area contributed by atoms with Crippen molar-refractivity contribution in [2.45, 2.75) is 26.7 Å². The van der Waals surface area contributed by atoms with Gasteiger partial charge in [0.25, 0.3) is 0 Å². The lowest BCUT2D eigenvalue weighted by molar-refractivity contribution is 0.758. The highest BCUT2D eigenvalue weighted by Crippen LogP contribution is 2.24. The van der Waals surface area contributed by atoms with Gasteiger partial charge in [0.1, 0.15) is 5.02 Å². The highest BCUT2D eigenvalue weighted by Gasteiger charge is 2.10. The number of aromatic nitrogens is 2. The molecular formula is C9H16ClN3. The fraction of sp³-hybridized carbons (Fsp3) is 0.667. The van der Waals surface area contributed by atoms with Crippen LogP contribution in [0.2, 0.25) is 5.02 Å². The average Bonchev–Trinajstić information content (AvgIpc) is 2.44. The van der Waals surface area contributed by atoms with Gasteiger partial charge >= 0.3 is 0 Å². The minimum absolute atomic E-state index is 0.735. The molecule has 0 saturated carbocycles. The summed E-state index contributed by atoms with van der Waals surface area (Å²) >= 11 is 6.05. The third kappa shape index (κ3) is 2.37. The van der Waals surface area contributed by atoms with Gasteiger partial charge in [0.15, 0.2) is 5.82 Å². The standard InChI is InChI=1S/C9H16ClN3/c1-4-5-6-13(3)9-8(10)7(2)11-12-9/h4-6H2,1-3H3,(H,11,12). The number of nitrogens with zero attached hydrogens (tertiary/aromatic N) is 2. The van der Waals surface area contributed by atoms with Gasteiger partial charge in [0.05, 0.1) is 5.69 Å². The molecule has 1 N–H and O–H groups in total. The summed E-state index contributed by atoms with van der Waals surface area (Å²) in [4.78, 5) is 2.08. The minimum Gasteiger partial charge on any atom is -0.357 e. The molecular weight excluding hydrogens is 186 g/mol. The molecule has 0 aliphatic heterocycles. The molecule has 3 nitrogen and oxygen atoms in total. The van der Waals surface area contributed by atoms with E-state index >= 15 is 0 Å². The zero-order valence-corrected chi connectivity index (χ0v) is 9.15. The molecule has 4 heteroatoms. The van der Waals surface area contributed by atoms with Crippen LogP contribution in [0, 0.1) is 6.92 Å². The number of unbranched alkanes of at least 4 members (excludes halogenated alkanes) is 1. The molecule has 0 radical (unpaired) electrons. The number of hydrogen-bond acceptors (Lipinski definition) is 2. The summed E-state index contributed by atoms with van der Waals surface area (Å²) < 4.78 is 0. The van der Waals surface area contributed by atoms with Gasteiger partial charge in [0.2, 0.25) is 0 Å². The first kappa shape index (κ1) is 10.4. The lowest BCUT2D eigenvalue weighted by Gasteiger charge is -2.15. The molecule has 1 rings (SSSR count). The monoisotopic (exact) mass is 201 g/mol. The molecule has 0 amide bonds. The van der Waals surface area contributed by atoms with E-state index in [0.29, 0.717) is 0 Å². The topological polar surface area (TPSA) is 31.9 Å². The summed E-state index contributed by atoms with van der Waals surface area (Å²) in [7, 11) is 2.01. The number of aryl methyl sites for hydroxylation is 1. The highest BCUT2D eigenvalue weighted by atomic mass is 35.5. The van der Waals surface area contributed by atoms with Crippen LogP contribution < -0.4 is 4.90 Å². The highest BCUT2D eigenvalue weighted by molar-refractivity contribution is 6.33. The molecule has 0 saturated heterocycles. The summed E-state index contributed by atoms with van der Waals surface area (Å²) in [6, 6.07) is 0. The maximum absolute atomic E-state index is 6.05. The number of aromatic amines is 1. The summed E-state index contributed by atoms with van der Waals surface area (Å²) in [5, 5.41) is 7.74. The van der Waals surface area contributed by atoms with Crippen molar-refractivity contribution < 1.29 is 0 Å². The first-order valence-electron chi connectivity index (χ1n) is 4.58. The quantitative estimate of drug-likeness (QED) is 0.812. The maximum atomic E-state index is 6.05. The summed E-state index contributed by atoms with van der Waals surface area (Å²) in [5.74, 6) is 0.854. The normalized spacial score (nSPS) is 10.5. The second-order valence-electron chi connectivity index (χ2n) is 3.26. The van der Waals surface area contributed by atoms with E-state index in [0.717, 1.165) is 23.1 Å². The predicted octanol–water partition coefficient (Wildman–Crippen LogP) is 2.61. The zero-order valence-electron chi connectivity index (χ0n) is 8.39. The second kappa shape index (κ2) is 4.51. The smallest absolute Gasteiger partial charge is 0.169 e. The van der Waals surface area contributed by atoms with Crippen LogP contribution in [0.4, 0.5) is 5.82 Å². The Labute approximate surface area is 84.1 Å². The largest absolute Gasteiger partial charge is 0.357 e. The average molecular weight is 202 g/mol. The molecule has 1 aromatic heterocycles. The van der Waals surface area contributed by atoms with Crippen molar-refractivity contribution >= 4 is 17.4 Å². The van der Waals surface area contributed by atoms with Gasteiger partial charge in [-0.25, -0.2) is 0 Å². The third-order valence-electron chi connectivity index (χ3n) is 2.06. The van der Waals surface area contributed by atoms with E-state index in [1.54, 1.807) is 0 Å². The first-order valence-corrected chi connectivity index (χ1v) is 4.96. The number of halogens is 1. The lowest BCUT2D eigenvalue weighted by atomic mass is 10.3. The minimum atomic E-state index is 0.735. The molecule has 1 heterocycles. The molecule has 0 aromatic carbocycles. The second-order valence-corrected chi connectivity index (χ2v) is 3.64. The van der Waals surface area contributed by atoms with Crippen LogP contribution in [-0.4, -0.2) is 23.8 Å². The van der Waals surface area contributed by atoms with Crippen molar-refractivity contribution in [1.29, 1.82) is 0 Å². The SMILES string of the molecule is CCCCN(C)c1n[nH]c(C)c1Cl. The Bertz CT molecular complexity index is 270. The Morgan fingerprint density at radius 3 is 2.69 bits per heavy atom. The Hall–Kier alpha value is -0.700. The predicted molar refractivity (Wildman–Crippen MR) is 56.5 cm³/mol. The maximum Gasteiger partial charge on any atom is 0.169 e. The van der Waals surface area contributed by atoms with Crippen LogP contribution in [0.1, 0.15) is 25.5 Å². The molecule has 0 spiro atoms. The van der Waals surface area contributed by atoms with Crippen molar-refractivity contribution in [2.75, 3.05) is 18.5 Å². The molecule has 0 fully saturated rings. The van der Waals surface area contributed by atoms with E-state index in [-0.39, 0.29) is 0 Å². The van der Waals surface area contributed by atoms with Gasteiger partial charge in [-0.1, -0.05) is 24.9 Å². The molecule has 1 aromatic rings. The summed E-state index contributed by atoms with van der Waals surface area (Å²) in [6.07, 6.45) is 2.35. The van der Waals surface area contributed by atoms with Crippen LogP contribution in [-0.2, 0) is 0 Å². The summed E-state index contributed by atoms with van der Waals surface area (Å²) in [5.41, 5.74) is 0.931. The Morgan fingerprint density at radius 1 is 1.54 bits per heavy atom. The van der Waals surface area contributed by atoms with E-state index in [1.807, 2.05) is 14.0 Å². The van der Waals surface area contributed by atoms with Gasteiger partial charge < -0.3 is 4.90 Å². The molecule has 0 unspecified atom stereocenters. The lowest BCUT2D eigenvalue weighted by Crippen LogP contribution is -2.18. The summed E-state index contributed by atoms with van der Waals surface area (Å²) in [6.45, 7) is 5.10.